The van der Waals surface area contributed by atoms with E-state index in [0.717, 1.165) is 16.7 Å². The summed E-state index contributed by atoms with van der Waals surface area (Å²) >= 11 is 5.78. The Labute approximate surface area is 102 Å². The summed E-state index contributed by atoms with van der Waals surface area (Å²) in [5, 5.41) is 0.00506. The Morgan fingerprint density at radius 2 is 1.88 bits per heavy atom. The molecule has 0 bridgehead atoms. The third-order valence-corrected chi connectivity index (χ3v) is 2.52. The molecule has 2 rings (SSSR count). The van der Waals surface area contributed by atoms with Gasteiger partial charge in [0.25, 0.3) is 0 Å². The first-order chi connectivity index (χ1) is 8.02. The van der Waals surface area contributed by atoms with E-state index in [2.05, 4.69) is 4.98 Å². The van der Waals surface area contributed by atoms with Crippen molar-refractivity contribution >= 4 is 11.6 Å². The number of ether oxygens (including phenoxy) is 1. The van der Waals surface area contributed by atoms with Crippen LogP contribution in [0.15, 0.2) is 18.3 Å². The number of hydrogen-bond acceptors (Lipinski definition) is 2. The number of rotatable bonds is 2. The average molecular weight is 259 g/mol. The maximum atomic E-state index is 13.7. The van der Waals surface area contributed by atoms with Gasteiger partial charge in [-0.3, -0.25) is 4.57 Å². The SMILES string of the molecule is COc1cc(F)c(-n2cc(C)nc2Cl)c(F)c1. The third-order valence-electron chi connectivity index (χ3n) is 2.25. The van der Waals surface area contributed by atoms with Crippen LogP contribution in [0.2, 0.25) is 5.28 Å². The number of aryl methyl sites for hydroxylation is 1. The lowest BCUT2D eigenvalue weighted by atomic mass is 10.2. The Bertz CT molecular complexity index is 546. The fraction of sp³-hybridized carbons (Fsp3) is 0.182. The quantitative estimate of drug-likeness (QED) is 0.828. The zero-order valence-corrected chi connectivity index (χ0v) is 9.92. The maximum absolute atomic E-state index is 13.7. The molecule has 6 heteroatoms. The second-order valence-electron chi connectivity index (χ2n) is 3.46. The van der Waals surface area contributed by atoms with E-state index in [1.54, 1.807) is 6.92 Å². The smallest absolute Gasteiger partial charge is 0.207 e. The highest BCUT2D eigenvalue weighted by atomic mass is 35.5. The summed E-state index contributed by atoms with van der Waals surface area (Å²) in [6, 6.07) is 2.17. The molecule has 1 aromatic carbocycles. The summed E-state index contributed by atoms with van der Waals surface area (Å²) < 4.78 is 33.4. The summed E-state index contributed by atoms with van der Waals surface area (Å²) in [4.78, 5) is 3.88. The first kappa shape index (κ1) is 11.9. The zero-order valence-electron chi connectivity index (χ0n) is 9.17. The number of aromatic nitrogens is 2. The van der Waals surface area contributed by atoms with Gasteiger partial charge in [-0.25, -0.2) is 13.8 Å². The van der Waals surface area contributed by atoms with Crippen molar-refractivity contribution in [3.63, 3.8) is 0 Å². The van der Waals surface area contributed by atoms with Gasteiger partial charge < -0.3 is 4.74 Å². The Hall–Kier alpha value is -1.62. The predicted molar refractivity (Wildman–Crippen MR) is 59.8 cm³/mol. The molecule has 0 fully saturated rings. The van der Waals surface area contributed by atoms with E-state index in [1.165, 1.54) is 13.3 Å². The normalized spacial score (nSPS) is 10.6. The molecule has 0 radical (unpaired) electrons. The lowest BCUT2D eigenvalue weighted by Gasteiger charge is -2.08. The fourth-order valence-corrected chi connectivity index (χ4v) is 1.78. The molecule has 0 N–H and O–H groups in total. The largest absolute Gasteiger partial charge is 0.497 e. The first-order valence-electron chi connectivity index (χ1n) is 4.78. The Kier molecular flexibility index (Phi) is 3.02. The summed E-state index contributed by atoms with van der Waals surface area (Å²) in [6.07, 6.45) is 1.45. The molecule has 0 aliphatic carbocycles. The van der Waals surface area contributed by atoms with Crippen LogP contribution in [0.5, 0.6) is 5.75 Å². The number of benzene rings is 1. The number of imidazole rings is 1. The second-order valence-corrected chi connectivity index (χ2v) is 3.80. The minimum atomic E-state index is -0.763. The Balaban J connectivity index is 2.63. The summed E-state index contributed by atoms with van der Waals surface area (Å²) in [7, 11) is 1.34. The van der Waals surface area contributed by atoms with Crippen molar-refractivity contribution in [3.05, 3.63) is 40.9 Å². The molecule has 90 valence electrons. The van der Waals surface area contributed by atoms with Gasteiger partial charge in [0.15, 0.2) is 11.6 Å². The van der Waals surface area contributed by atoms with Crippen LogP contribution in [0.4, 0.5) is 8.78 Å². The topological polar surface area (TPSA) is 27.1 Å². The fourth-order valence-electron chi connectivity index (χ4n) is 1.52. The van der Waals surface area contributed by atoms with Gasteiger partial charge in [0.1, 0.15) is 11.4 Å². The van der Waals surface area contributed by atoms with E-state index in [-0.39, 0.29) is 16.7 Å². The van der Waals surface area contributed by atoms with E-state index in [1.807, 2.05) is 0 Å². The Morgan fingerprint density at radius 3 is 2.29 bits per heavy atom. The standard InChI is InChI=1S/C11H9ClF2N2O/c1-6-5-16(11(12)15-6)10-8(13)3-7(17-2)4-9(10)14/h3-5H,1-2H3. The molecule has 0 unspecified atom stereocenters. The molecule has 0 amide bonds. The van der Waals surface area contributed by atoms with Gasteiger partial charge in [-0.1, -0.05) is 0 Å². The van der Waals surface area contributed by atoms with Crippen LogP contribution in [0.3, 0.4) is 0 Å². The van der Waals surface area contributed by atoms with E-state index < -0.39 is 11.6 Å². The van der Waals surface area contributed by atoms with Crippen molar-refractivity contribution in [2.24, 2.45) is 0 Å². The van der Waals surface area contributed by atoms with E-state index in [4.69, 9.17) is 16.3 Å². The zero-order chi connectivity index (χ0) is 12.6. The molecular formula is C11H9ClF2N2O. The minimum absolute atomic E-state index is 0.00506. The number of hydrogen-bond donors (Lipinski definition) is 0. The molecule has 0 saturated carbocycles. The van der Waals surface area contributed by atoms with Crippen LogP contribution in [0, 0.1) is 18.6 Å². The van der Waals surface area contributed by atoms with Gasteiger partial charge in [0.05, 0.1) is 12.8 Å². The van der Waals surface area contributed by atoms with Crippen LogP contribution in [-0.2, 0) is 0 Å². The van der Waals surface area contributed by atoms with E-state index >= 15 is 0 Å². The third kappa shape index (κ3) is 2.10. The van der Waals surface area contributed by atoms with Gasteiger partial charge in [-0.15, -0.1) is 0 Å². The lowest BCUT2D eigenvalue weighted by molar-refractivity contribution is 0.406. The van der Waals surface area contributed by atoms with Gasteiger partial charge >= 0.3 is 0 Å². The summed E-state index contributed by atoms with van der Waals surface area (Å²) in [5.74, 6) is -1.42. The van der Waals surface area contributed by atoms with E-state index in [0.29, 0.717) is 5.69 Å². The molecular weight excluding hydrogens is 250 g/mol. The molecule has 0 aliphatic heterocycles. The second kappa shape index (κ2) is 4.33. The molecule has 0 saturated heterocycles. The van der Waals surface area contributed by atoms with Gasteiger partial charge in [-0.05, 0) is 18.5 Å². The number of halogens is 3. The molecule has 2 aromatic rings. The molecule has 0 spiro atoms. The molecule has 1 aromatic heterocycles. The number of nitrogens with zero attached hydrogens (tertiary/aromatic N) is 2. The highest BCUT2D eigenvalue weighted by Crippen LogP contribution is 2.26. The molecule has 0 aliphatic rings. The Morgan fingerprint density at radius 1 is 1.29 bits per heavy atom. The van der Waals surface area contributed by atoms with Crippen molar-refractivity contribution in [1.82, 2.24) is 9.55 Å². The minimum Gasteiger partial charge on any atom is -0.497 e. The van der Waals surface area contributed by atoms with Crippen LogP contribution in [0.25, 0.3) is 5.69 Å². The van der Waals surface area contributed by atoms with Crippen LogP contribution < -0.4 is 4.74 Å². The van der Waals surface area contributed by atoms with Crippen LogP contribution in [-0.4, -0.2) is 16.7 Å². The number of methoxy groups -OCH3 is 1. The predicted octanol–water partition coefficient (Wildman–Crippen LogP) is 3.12. The van der Waals surface area contributed by atoms with Crippen molar-refractivity contribution in [2.45, 2.75) is 6.92 Å². The average Bonchev–Trinajstić information content (AvgIpc) is 2.57. The highest BCUT2D eigenvalue weighted by molar-refractivity contribution is 6.28. The van der Waals surface area contributed by atoms with Gasteiger partial charge in [0, 0.05) is 18.3 Å². The molecule has 1 heterocycles. The van der Waals surface area contributed by atoms with E-state index in [9.17, 15) is 8.78 Å². The van der Waals surface area contributed by atoms with Crippen molar-refractivity contribution in [2.75, 3.05) is 7.11 Å². The van der Waals surface area contributed by atoms with Crippen molar-refractivity contribution in [1.29, 1.82) is 0 Å². The summed E-state index contributed by atoms with van der Waals surface area (Å²) in [6.45, 7) is 1.68. The molecule has 0 atom stereocenters. The highest BCUT2D eigenvalue weighted by Gasteiger charge is 2.16. The maximum Gasteiger partial charge on any atom is 0.207 e. The van der Waals surface area contributed by atoms with Gasteiger partial charge in [0.2, 0.25) is 5.28 Å². The first-order valence-corrected chi connectivity index (χ1v) is 5.15. The van der Waals surface area contributed by atoms with Crippen LogP contribution in [0.1, 0.15) is 5.69 Å². The molecule has 17 heavy (non-hydrogen) atoms. The monoisotopic (exact) mass is 258 g/mol. The molecule has 3 nitrogen and oxygen atoms in total. The van der Waals surface area contributed by atoms with Crippen LogP contribution >= 0.6 is 11.6 Å². The summed E-state index contributed by atoms with van der Waals surface area (Å²) in [5.41, 5.74) is 0.306. The van der Waals surface area contributed by atoms with Crippen molar-refractivity contribution < 1.29 is 13.5 Å². The van der Waals surface area contributed by atoms with Crippen molar-refractivity contribution in [3.8, 4) is 11.4 Å². The van der Waals surface area contributed by atoms with Gasteiger partial charge in [-0.2, -0.15) is 0 Å². The lowest BCUT2D eigenvalue weighted by Crippen LogP contribution is -2.01.